The summed E-state index contributed by atoms with van der Waals surface area (Å²) in [6, 6.07) is 0. The van der Waals surface area contributed by atoms with Gasteiger partial charge in [0.25, 0.3) is 0 Å². The lowest BCUT2D eigenvalue weighted by molar-refractivity contribution is -0.166. The van der Waals surface area contributed by atoms with E-state index in [1.807, 2.05) is 6.08 Å². The molecule has 0 aliphatic carbocycles. The molecule has 0 spiro atoms. The smallest absolute Gasteiger partial charge is 0.306 e. The number of esters is 3. The normalized spacial score (nSPS) is 12.9. The Morgan fingerprint density at radius 3 is 0.890 bits per heavy atom. The van der Waals surface area contributed by atoms with E-state index in [9.17, 15) is 14.4 Å². The van der Waals surface area contributed by atoms with Crippen LogP contribution in [0.2, 0.25) is 0 Å². The van der Waals surface area contributed by atoms with Gasteiger partial charge in [-0.3, -0.25) is 14.4 Å². The van der Waals surface area contributed by atoms with E-state index < -0.39 is 6.10 Å². The second kappa shape index (κ2) is 60.6. The zero-order valence-electron chi connectivity index (χ0n) is 47.6. The van der Waals surface area contributed by atoms with Gasteiger partial charge in [-0.1, -0.05) is 246 Å². The lowest BCUT2D eigenvalue weighted by Gasteiger charge is -2.18. The number of ether oxygens (including phenoxy) is 3. The first-order valence-corrected chi connectivity index (χ1v) is 30.4. The first-order valence-electron chi connectivity index (χ1n) is 30.4. The molecule has 0 rings (SSSR count). The molecule has 6 heteroatoms. The molecule has 0 radical (unpaired) electrons. The molecule has 0 amide bonds. The van der Waals surface area contributed by atoms with Crippen molar-refractivity contribution in [1.82, 2.24) is 0 Å². The van der Waals surface area contributed by atoms with Crippen LogP contribution in [0.5, 0.6) is 0 Å². The highest BCUT2D eigenvalue weighted by Gasteiger charge is 2.19. The maximum Gasteiger partial charge on any atom is 0.306 e. The Hall–Kier alpha value is -3.93. The van der Waals surface area contributed by atoms with Gasteiger partial charge in [0.2, 0.25) is 0 Å². The van der Waals surface area contributed by atoms with Crippen molar-refractivity contribution in [2.45, 2.75) is 284 Å². The lowest BCUT2D eigenvalue weighted by atomic mass is 10.1. The molecule has 0 unspecified atom stereocenters. The van der Waals surface area contributed by atoms with E-state index in [1.54, 1.807) is 0 Å². The SMILES string of the molecule is CCCCC/C=C\C/C=C\C/C=C\C/C=C\C/C=C\CCC(=O)OC[C@H](COC(=O)CCCCCCCCCCC/C=C\CCCCCCCC)OC(=O)CCCCCC/C=C\C/C=C\C/C=C\CCCCC. The lowest BCUT2D eigenvalue weighted by Crippen LogP contribution is -2.30. The van der Waals surface area contributed by atoms with Crippen molar-refractivity contribution in [3.05, 3.63) is 109 Å². The van der Waals surface area contributed by atoms with Crippen LogP contribution in [0.1, 0.15) is 278 Å². The summed E-state index contributed by atoms with van der Waals surface area (Å²) in [7, 11) is 0. The fourth-order valence-corrected chi connectivity index (χ4v) is 8.13. The van der Waals surface area contributed by atoms with Crippen LogP contribution in [-0.2, 0) is 28.6 Å². The van der Waals surface area contributed by atoms with Crippen LogP contribution in [0, 0.1) is 0 Å². The van der Waals surface area contributed by atoms with Crippen molar-refractivity contribution in [3.63, 3.8) is 0 Å². The summed E-state index contributed by atoms with van der Waals surface area (Å²) in [4.78, 5) is 38.2. The molecule has 0 saturated carbocycles. The largest absolute Gasteiger partial charge is 0.462 e. The average molecular weight is 1010 g/mol. The van der Waals surface area contributed by atoms with Crippen molar-refractivity contribution >= 4 is 17.9 Å². The van der Waals surface area contributed by atoms with E-state index >= 15 is 0 Å². The molecule has 0 N–H and O–H groups in total. The Balaban J connectivity index is 4.53. The summed E-state index contributed by atoms with van der Waals surface area (Å²) < 4.78 is 16.8. The molecule has 6 nitrogen and oxygen atoms in total. The first-order chi connectivity index (χ1) is 36.0. The van der Waals surface area contributed by atoms with Crippen LogP contribution in [0.4, 0.5) is 0 Å². The van der Waals surface area contributed by atoms with Gasteiger partial charge in [0.15, 0.2) is 6.10 Å². The van der Waals surface area contributed by atoms with Gasteiger partial charge in [0.1, 0.15) is 13.2 Å². The second-order valence-electron chi connectivity index (χ2n) is 19.9. The van der Waals surface area contributed by atoms with E-state index in [0.717, 1.165) is 89.9 Å². The third-order valence-electron chi connectivity index (χ3n) is 12.7. The van der Waals surface area contributed by atoms with E-state index in [0.29, 0.717) is 12.8 Å². The molecule has 416 valence electrons. The van der Waals surface area contributed by atoms with Gasteiger partial charge >= 0.3 is 17.9 Å². The van der Waals surface area contributed by atoms with E-state index in [4.69, 9.17) is 14.2 Å². The van der Waals surface area contributed by atoms with Crippen molar-refractivity contribution in [1.29, 1.82) is 0 Å². The van der Waals surface area contributed by atoms with Crippen LogP contribution >= 0.6 is 0 Å². The summed E-state index contributed by atoms with van der Waals surface area (Å²) in [6.45, 7) is 6.51. The molecule has 0 aromatic rings. The summed E-state index contributed by atoms with van der Waals surface area (Å²) in [5, 5.41) is 0. The minimum absolute atomic E-state index is 0.112. The third-order valence-corrected chi connectivity index (χ3v) is 12.7. The number of rotatable bonds is 54. The molecule has 0 saturated heterocycles. The van der Waals surface area contributed by atoms with E-state index in [-0.39, 0.29) is 44.0 Å². The van der Waals surface area contributed by atoms with E-state index in [2.05, 4.69) is 124 Å². The molecule has 73 heavy (non-hydrogen) atoms. The Kier molecular flexibility index (Phi) is 57.4. The number of hydrogen-bond acceptors (Lipinski definition) is 6. The van der Waals surface area contributed by atoms with Gasteiger partial charge in [-0.2, -0.15) is 0 Å². The molecular formula is C67H112O6. The highest BCUT2D eigenvalue weighted by molar-refractivity contribution is 5.71. The van der Waals surface area contributed by atoms with Crippen LogP contribution in [0.3, 0.4) is 0 Å². The molecule has 0 aliphatic rings. The minimum atomic E-state index is -0.824. The third kappa shape index (κ3) is 58.8. The monoisotopic (exact) mass is 1010 g/mol. The molecular weight excluding hydrogens is 901 g/mol. The maximum absolute atomic E-state index is 12.9. The predicted molar refractivity (Wildman–Crippen MR) is 316 cm³/mol. The first kappa shape index (κ1) is 69.1. The average Bonchev–Trinajstić information content (AvgIpc) is 3.39. The summed E-state index contributed by atoms with van der Waals surface area (Å²) in [6.07, 6.45) is 82.3. The van der Waals surface area contributed by atoms with Gasteiger partial charge in [0.05, 0.1) is 0 Å². The second-order valence-corrected chi connectivity index (χ2v) is 19.9. The fraction of sp³-hybridized carbons (Fsp3) is 0.687. The standard InChI is InChI=1S/C67H112O6/c1-4-7-10-13-16-19-22-25-28-31-33-36-38-41-44-47-50-53-56-59-65(68)71-62-64(73-67(70)61-58-55-52-49-46-43-40-35-30-27-24-21-18-15-12-9-6-3)63-72-66(69)60-57-54-51-48-45-42-39-37-34-32-29-26-23-20-17-14-11-8-5-2/h16,18-19,21,25-30,33,36,40-41,43-44,50,53,64H,4-15,17,20,22-24,31-32,34-35,37-39,42,45-49,51-52,54-63H2,1-3H3/b19-16-,21-18-,28-25-,29-26-,30-27-,36-33-,43-40-,44-41-,53-50-/t64-/m1/s1. The molecule has 0 aromatic carbocycles. The maximum atomic E-state index is 12.9. The van der Waals surface area contributed by atoms with Gasteiger partial charge in [-0.15, -0.1) is 0 Å². The molecule has 0 bridgehead atoms. The molecule has 1 atom stereocenters. The highest BCUT2D eigenvalue weighted by atomic mass is 16.6. The number of hydrogen-bond donors (Lipinski definition) is 0. The van der Waals surface area contributed by atoms with Gasteiger partial charge < -0.3 is 14.2 Å². The number of carbonyl (C=O) groups excluding carboxylic acids is 3. The van der Waals surface area contributed by atoms with Gasteiger partial charge in [-0.05, 0) is 122 Å². The zero-order chi connectivity index (χ0) is 52.9. The summed E-state index contributed by atoms with van der Waals surface area (Å²) in [5.41, 5.74) is 0. The Labute approximate surface area is 450 Å². The van der Waals surface area contributed by atoms with Crippen LogP contribution < -0.4 is 0 Å². The molecule has 0 aromatic heterocycles. The van der Waals surface area contributed by atoms with Gasteiger partial charge in [-0.25, -0.2) is 0 Å². The van der Waals surface area contributed by atoms with Crippen molar-refractivity contribution in [2.75, 3.05) is 13.2 Å². The van der Waals surface area contributed by atoms with Crippen LogP contribution in [-0.4, -0.2) is 37.2 Å². The molecule has 0 heterocycles. The zero-order valence-corrected chi connectivity index (χ0v) is 47.6. The Morgan fingerprint density at radius 2 is 0.521 bits per heavy atom. The summed E-state index contributed by atoms with van der Waals surface area (Å²) >= 11 is 0. The predicted octanol–water partition coefficient (Wildman–Crippen LogP) is 20.7. The highest BCUT2D eigenvalue weighted by Crippen LogP contribution is 2.14. The number of allylic oxidation sites excluding steroid dienone is 18. The van der Waals surface area contributed by atoms with Crippen LogP contribution in [0.25, 0.3) is 0 Å². The quantitative estimate of drug-likeness (QED) is 0.0261. The van der Waals surface area contributed by atoms with Crippen molar-refractivity contribution < 1.29 is 28.6 Å². The van der Waals surface area contributed by atoms with Crippen LogP contribution in [0.15, 0.2) is 109 Å². The van der Waals surface area contributed by atoms with E-state index in [1.165, 1.54) is 141 Å². The topological polar surface area (TPSA) is 78.9 Å². The number of carbonyl (C=O) groups is 3. The Bertz CT molecular complexity index is 1490. The summed E-state index contributed by atoms with van der Waals surface area (Å²) in [5.74, 6) is -1.02. The van der Waals surface area contributed by atoms with Crippen molar-refractivity contribution in [3.8, 4) is 0 Å². The molecule has 0 aliphatic heterocycles. The minimum Gasteiger partial charge on any atom is -0.462 e. The molecule has 0 fully saturated rings. The fourth-order valence-electron chi connectivity index (χ4n) is 8.13. The Morgan fingerprint density at radius 1 is 0.274 bits per heavy atom. The number of unbranched alkanes of at least 4 members (excludes halogenated alkanes) is 25. The van der Waals surface area contributed by atoms with Crippen molar-refractivity contribution in [2.24, 2.45) is 0 Å². The van der Waals surface area contributed by atoms with Gasteiger partial charge in [0, 0.05) is 19.3 Å².